The Morgan fingerprint density at radius 1 is 1.58 bits per heavy atom. The van der Waals surface area contributed by atoms with E-state index >= 15 is 0 Å². The molecule has 12 heavy (non-hydrogen) atoms. The van der Waals surface area contributed by atoms with Crippen LogP contribution in [0, 0.1) is 11.8 Å². The average Bonchev–Trinajstić information content (AvgIpc) is 2.28. The van der Waals surface area contributed by atoms with Crippen molar-refractivity contribution in [3.05, 3.63) is 0 Å². The van der Waals surface area contributed by atoms with Gasteiger partial charge in [-0.2, -0.15) is 0 Å². The summed E-state index contributed by atoms with van der Waals surface area (Å²) in [5, 5.41) is 8.62. The van der Waals surface area contributed by atoms with Crippen LogP contribution >= 0.6 is 0 Å². The number of carboxylic acid groups (broad SMARTS) is 1. The van der Waals surface area contributed by atoms with Crippen LogP contribution in [-0.4, -0.2) is 31.0 Å². The van der Waals surface area contributed by atoms with Gasteiger partial charge >= 0.3 is 5.97 Å². The van der Waals surface area contributed by atoms with E-state index in [0.29, 0.717) is 6.42 Å². The van der Waals surface area contributed by atoms with Gasteiger partial charge in [0.2, 0.25) is 0 Å². The van der Waals surface area contributed by atoms with E-state index in [9.17, 15) is 13.2 Å². The van der Waals surface area contributed by atoms with Crippen LogP contribution in [-0.2, 0) is 14.6 Å². The van der Waals surface area contributed by atoms with Crippen LogP contribution in [0.25, 0.3) is 0 Å². The van der Waals surface area contributed by atoms with Gasteiger partial charge < -0.3 is 5.11 Å². The summed E-state index contributed by atoms with van der Waals surface area (Å²) in [6.07, 6.45) is 0.496. The maximum absolute atomic E-state index is 11.0. The molecule has 0 aromatic carbocycles. The number of aliphatic carboxylic acids is 1. The first-order valence-electron chi connectivity index (χ1n) is 3.85. The lowest BCUT2D eigenvalue weighted by atomic mass is 9.94. The average molecular weight is 192 g/mol. The lowest BCUT2D eigenvalue weighted by Crippen LogP contribution is -2.21. The summed E-state index contributed by atoms with van der Waals surface area (Å²) in [5.74, 6) is -1.44. The number of carboxylic acids is 1. The third kappa shape index (κ3) is 1.97. The van der Waals surface area contributed by atoms with Crippen molar-refractivity contribution < 1.29 is 18.3 Å². The van der Waals surface area contributed by atoms with Gasteiger partial charge in [0.1, 0.15) is 0 Å². The Hall–Kier alpha value is -0.580. The van der Waals surface area contributed by atoms with Gasteiger partial charge in [0, 0.05) is 0 Å². The molecule has 0 aliphatic carbocycles. The fourth-order valence-electron chi connectivity index (χ4n) is 1.42. The van der Waals surface area contributed by atoms with Gasteiger partial charge in [-0.1, -0.05) is 6.92 Å². The minimum atomic E-state index is -2.94. The van der Waals surface area contributed by atoms with E-state index in [1.807, 2.05) is 0 Å². The largest absolute Gasteiger partial charge is 0.481 e. The van der Waals surface area contributed by atoms with Crippen LogP contribution in [0.2, 0.25) is 0 Å². The molecule has 70 valence electrons. The van der Waals surface area contributed by atoms with Crippen molar-refractivity contribution >= 4 is 15.8 Å². The molecule has 1 rings (SSSR count). The van der Waals surface area contributed by atoms with Crippen LogP contribution < -0.4 is 0 Å². The second kappa shape index (κ2) is 3.05. The maximum Gasteiger partial charge on any atom is 0.306 e. The summed E-state index contributed by atoms with van der Waals surface area (Å²) in [6.45, 7) is 1.56. The summed E-state index contributed by atoms with van der Waals surface area (Å²) >= 11 is 0. The quantitative estimate of drug-likeness (QED) is 0.675. The van der Waals surface area contributed by atoms with Gasteiger partial charge in [-0.15, -0.1) is 0 Å². The molecule has 0 radical (unpaired) electrons. The molecule has 2 atom stereocenters. The molecule has 1 aliphatic heterocycles. The highest BCUT2D eigenvalue weighted by Gasteiger charge is 2.34. The van der Waals surface area contributed by atoms with Gasteiger partial charge in [-0.25, -0.2) is 8.42 Å². The van der Waals surface area contributed by atoms with Crippen molar-refractivity contribution in [1.82, 2.24) is 0 Å². The highest BCUT2D eigenvalue weighted by atomic mass is 32.2. The van der Waals surface area contributed by atoms with E-state index in [1.165, 1.54) is 0 Å². The SMILES string of the molecule is CC(C(=O)O)C1CCS(=O)(=O)C1. The molecule has 1 fully saturated rings. The molecule has 0 aromatic rings. The molecular formula is C7H12O4S. The number of sulfone groups is 1. The van der Waals surface area contributed by atoms with E-state index in [2.05, 4.69) is 0 Å². The first kappa shape index (κ1) is 9.51. The molecule has 1 heterocycles. The Morgan fingerprint density at radius 3 is 2.50 bits per heavy atom. The van der Waals surface area contributed by atoms with Crippen molar-refractivity contribution in [2.45, 2.75) is 13.3 Å². The standard InChI is InChI=1S/C7H12O4S/c1-5(7(8)9)6-2-3-12(10,11)4-6/h5-6H,2-4H2,1H3,(H,8,9). The molecule has 0 bridgehead atoms. The van der Waals surface area contributed by atoms with Crippen molar-refractivity contribution in [3.63, 3.8) is 0 Å². The van der Waals surface area contributed by atoms with Crippen molar-refractivity contribution in [3.8, 4) is 0 Å². The van der Waals surface area contributed by atoms with Gasteiger partial charge in [0.15, 0.2) is 9.84 Å². The normalized spacial score (nSPS) is 29.9. The molecule has 0 spiro atoms. The smallest absolute Gasteiger partial charge is 0.306 e. The number of hydrogen-bond acceptors (Lipinski definition) is 3. The van der Waals surface area contributed by atoms with Crippen LogP contribution in [0.4, 0.5) is 0 Å². The Morgan fingerprint density at radius 2 is 2.17 bits per heavy atom. The maximum atomic E-state index is 11.0. The molecule has 0 amide bonds. The minimum Gasteiger partial charge on any atom is -0.481 e. The minimum absolute atomic E-state index is 0.0421. The third-order valence-corrected chi connectivity index (χ3v) is 4.16. The Bertz CT molecular complexity index is 280. The molecule has 1 saturated heterocycles. The van der Waals surface area contributed by atoms with Crippen LogP contribution in [0.15, 0.2) is 0 Å². The zero-order valence-corrected chi connectivity index (χ0v) is 7.67. The van der Waals surface area contributed by atoms with Crippen LogP contribution in [0.5, 0.6) is 0 Å². The fraction of sp³-hybridized carbons (Fsp3) is 0.857. The summed E-state index contributed by atoms with van der Waals surface area (Å²) in [6, 6.07) is 0. The zero-order valence-electron chi connectivity index (χ0n) is 6.86. The van der Waals surface area contributed by atoms with Gasteiger partial charge in [0.05, 0.1) is 17.4 Å². The first-order valence-corrected chi connectivity index (χ1v) is 5.68. The predicted molar refractivity (Wildman–Crippen MR) is 43.6 cm³/mol. The second-order valence-corrected chi connectivity index (χ2v) is 5.52. The van der Waals surface area contributed by atoms with Gasteiger partial charge in [-0.3, -0.25) is 4.79 Å². The Balaban J connectivity index is 2.64. The van der Waals surface area contributed by atoms with E-state index in [4.69, 9.17) is 5.11 Å². The molecule has 4 nitrogen and oxygen atoms in total. The van der Waals surface area contributed by atoms with Crippen molar-refractivity contribution in [2.75, 3.05) is 11.5 Å². The summed E-state index contributed by atoms with van der Waals surface area (Å²) in [7, 11) is -2.94. The van der Waals surface area contributed by atoms with E-state index < -0.39 is 21.7 Å². The lowest BCUT2D eigenvalue weighted by Gasteiger charge is -2.11. The summed E-state index contributed by atoms with van der Waals surface area (Å²) < 4.78 is 22.0. The summed E-state index contributed by atoms with van der Waals surface area (Å²) in [5.41, 5.74) is 0. The number of carbonyl (C=O) groups is 1. The highest BCUT2D eigenvalue weighted by molar-refractivity contribution is 7.91. The molecule has 2 unspecified atom stereocenters. The number of hydrogen-bond donors (Lipinski definition) is 1. The van der Waals surface area contributed by atoms with E-state index in [0.717, 1.165) is 0 Å². The van der Waals surface area contributed by atoms with Crippen molar-refractivity contribution in [2.24, 2.45) is 11.8 Å². The topological polar surface area (TPSA) is 71.4 Å². The molecular weight excluding hydrogens is 180 g/mol. The zero-order chi connectivity index (χ0) is 9.35. The third-order valence-electron chi connectivity index (χ3n) is 2.36. The summed E-state index contributed by atoms with van der Waals surface area (Å²) in [4.78, 5) is 10.5. The molecule has 1 N–H and O–H groups in total. The van der Waals surface area contributed by atoms with Crippen molar-refractivity contribution in [1.29, 1.82) is 0 Å². The first-order chi connectivity index (χ1) is 5.42. The highest BCUT2D eigenvalue weighted by Crippen LogP contribution is 2.25. The van der Waals surface area contributed by atoms with Crippen LogP contribution in [0.1, 0.15) is 13.3 Å². The molecule has 1 aliphatic rings. The monoisotopic (exact) mass is 192 g/mol. The van der Waals surface area contributed by atoms with E-state index in [1.54, 1.807) is 6.92 Å². The lowest BCUT2D eigenvalue weighted by molar-refractivity contribution is -0.142. The second-order valence-electron chi connectivity index (χ2n) is 3.29. The number of rotatable bonds is 2. The van der Waals surface area contributed by atoms with Gasteiger partial charge in [-0.05, 0) is 12.3 Å². The Kier molecular flexibility index (Phi) is 2.41. The Labute approximate surface area is 71.5 Å². The molecule has 5 heteroatoms. The van der Waals surface area contributed by atoms with Gasteiger partial charge in [0.25, 0.3) is 0 Å². The predicted octanol–water partition coefficient (Wildman–Crippen LogP) is 0.142. The van der Waals surface area contributed by atoms with Crippen LogP contribution in [0.3, 0.4) is 0 Å². The molecule has 0 aromatic heterocycles. The fourth-order valence-corrected chi connectivity index (χ4v) is 3.36. The molecule has 0 saturated carbocycles. The van der Waals surface area contributed by atoms with E-state index in [-0.39, 0.29) is 17.4 Å².